The van der Waals surface area contributed by atoms with Gasteiger partial charge in [-0.2, -0.15) is 0 Å². The lowest BCUT2D eigenvalue weighted by Crippen LogP contribution is -2.52. The van der Waals surface area contributed by atoms with E-state index >= 15 is 0 Å². The monoisotopic (exact) mass is 403 g/mol. The van der Waals surface area contributed by atoms with E-state index in [0.717, 1.165) is 18.2 Å². The SMILES string of the molecule is COc1cc2cc(C(=O)NCC3(N(C)C)CCCCCC3)[nH]c2c(OC)c1OC. The van der Waals surface area contributed by atoms with Crippen LogP contribution in [0, 0.1) is 0 Å². The number of H-pyrrole nitrogens is 1. The lowest BCUT2D eigenvalue weighted by molar-refractivity contribution is 0.0865. The number of nitrogens with one attached hydrogen (secondary N) is 2. The summed E-state index contributed by atoms with van der Waals surface area (Å²) in [5, 5.41) is 3.99. The average molecular weight is 404 g/mol. The maximum atomic E-state index is 13.0. The van der Waals surface area contributed by atoms with Crippen molar-refractivity contribution >= 4 is 16.8 Å². The van der Waals surface area contributed by atoms with Crippen LogP contribution < -0.4 is 19.5 Å². The average Bonchev–Trinajstić information content (AvgIpc) is 2.99. The molecule has 2 N–H and O–H groups in total. The molecule has 0 bridgehead atoms. The quantitative estimate of drug-likeness (QED) is 0.691. The molecule has 2 aromatic rings. The summed E-state index contributed by atoms with van der Waals surface area (Å²) >= 11 is 0. The van der Waals surface area contributed by atoms with Crippen molar-refractivity contribution in [1.82, 2.24) is 15.2 Å². The Balaban J connectivity index is 1.85. The number of aromatic amines is 1. The molecule has 160 valence electrons. The van der Waals surface area contributed by atoms with Gasteiger partial charge in [-0.25, -0.2) is 0 Å². The number of nitrogens with zero attached hydrogens (tertiary/aromatic N) is 1. The summed E-state index contributed by atoms with van der Waals surface area (Å²) in [6, 6.07) is 3.67. The molecular formula is C22H33N3O4. The molecule has 29 heavy (non-hydrogen) atoms. The van der Waals surface area contributed by atoms with Crippen LogP contribution in [0.3, 0.4) is 0 Å². The highest BCUT2D eigenvalue weighted by Crippen LogP contribution is 2.43. The zero-order valence-corrected chi connectivity index (χ0v) is 18.2. The van der Waals surface area contributed by atoms with Gasteiger partial charge in [-0.1, -0.05) is 25.7 Å². The summed E-state index contributed by atoms with van der Waals surface area (Å²) in [4.78, 5) is 18.4. The second-order valence-corrected chi connectivity index (χ2v) is 8.01. The van der Waals surface area contributed by atoms with Crippen molar-refractivity contribution in [3.8, 4) is 17.2 Å². The Morgan fingerprint density at radius 3 is 2.24 bits per heavy atom. The van der Waals surface area contributed by atoms with E-state index in [2.05, 4.69) is 29.3 Å². The van der Waals surface area contributed by atoms with Crippen LogP contribution in [0.2, 0.25) is 0 Å². The number of carbonyl (C=O) groups is 1. The van der Waals surface area contributed by atoms with Crippen molar-refractivity contribution in [3.63, 3.8) is 0 Å². The predicted molar refractivity (Wildman–Crippen MR) is 114 cm³/mol. The van der Waals surface area contributed by atoms with Crippen molar-refractivity contribution in [1.29, 1.82) is 0 Å². The van der Waals surface area contributed by atoms with Crippen molar-refractivity contribution in [2.75, 3.05) is 42.0 Å². The number of hydrogen-bond donors (Lipinski definition) is 2. The van der Waals surface area contributed by atoms with Crippen molar-refractivity contribution in [2.24, 2.45) is 0 Å². The second-order valence-electron chi connectivity index (χ2n) is 8.01. The molecule has 7 heteroatoms. The third-order valence-electron chi connectivity index (χ3n) is 6.23. The molecule has 0 aliphatic heterocycles. The molecule has 7 nitrogen and oxygen atoms in total. The normalized spacial score (nSPS) is 16.5. The third-order valence-corrected chi connectivity index (χ3v) is 6.23. The zero-order chi connectivity index (χ0) is 21.0. The molecule has 1 aromatic heterocycles. The van der Waals surface area contributed by atoms with Crippen LogP contribution in [0.4, 0.5) is 0 Å². The van der Waals surface area contributed by atoms with Gasteiger partial charge in [0.1, 0.15) is 5.69 Å². The fourth-order valence-corrected chi connectivity index (χ4v) is 4.38. The number of likely N-dealkylation sites (N-methyl/N-ethyl adjacent to an activating group) is 1. The molecule has 0 saturated heterocycles. The first-order valence-electron chi connectivity index (χ1n) is 10.2. The van der Waals surface area contributed by atoms with Crippen molar-refractivity contribution in [3.05, 3.63) is 17.8 Å². The van der Waals surface area contributed by atoms with Gasteiger partial charge in [0.2, 0.25) is 5.75 Å². The van der Waals surface area contributed by atoms with Gasteiger partial charge in [0.25, 0.3) is 5.91 Å². The number of fused-ring (bicyclic) bond motifs is 1. The molecule has 0 atom stereocenters. The molecule has 0 radical (unpaired) electrons. The second kappa shape index (κ2) is 8.95. The summed E-state index contributed by atoms with van der Waals surface area (Å²) in [6.07, 6.45) is 7.17. The van der Waals surface area contributed by atoms with Crippen LogP contribution in [0.15, 0.2) is 12.1 Å². The first-order chi connectivity index (χ1) is 14.0. The van der Waals surface area contributed by atoms with Gasteiger partial charge in [-0.15, -0.1) is 0 Å². The lowest BCUT2D eigenvalue weighted by atomic mass is 9.88. The van der Waals surface area contributed by atoms with E-state index in [1.54, 1.807) is 21.3 Å². The van der Waals surface area contributed by atoms with Crippen LogP contribution in [0.1, 0.15) is 49.0 Å². The maximum absolute atomic E-state index is 13.0. The van der Waals surface area contributed by atoms with E-state index in [1.165, 1.54) is 25.7 Å². The van der Waals surface area contributed by atoms with Gasteiger partial charge < -0.3 is 29.4 Å². The van der Waals surface area contributed by atoms with Gasteiger partial charge in [-0.3, -0.25) is 4.79 Å². The van der Waals surface area contributed by atoms with Crippen LogP contribution in [0.5, 0.6) is 17.2 Å². The Morgan fingerprint density at radius 2 is 1.69 bits per heavy atom. The molecule has 0 spiro atoms. The molecule has 1 heterocycles. The number of carbonyl (C=O) groups excluding carboxylic acids is 1. The first kappa shape index (κ1) is 21.3. The Kier molecular flexibility index (Phi) is 6.57. The highest BCUT2D eigenvalue weighted by atomic mass is 16.5. The maximum Gasteiger partial charge on any atom is 0.267 e. The molecule has 3 rings (SSSR count). The van der Waals surface area contributed by atoms with E-state index in [1.807, 2.05) is 12.1 Å². The van der Waals surface area contributed by atoms with Gasteiger partial charge in [-0.05, 0) is 39.1 Å². The fourth-order valence-electron chi connectivity index (χ4n) is 4.38. The number of ether oxygens (including phenoxy) is 3. The van der Waals surface area contributed by atoms with E-state index in [-0.39, 0.29) is 11.4 Å². The molecule has 1 aliphatic rings. The van der Waals surface area contributed by atoms with Crippen molar-refractivity contribution < 1.29 is 19.0 Å². The van der Waals surface area contributed by atoms with E-state index in [4.69, 9.17) is 14.2 Å². The molecule has 1 aromatic carbocycles. The molecule has 1 fully saturated rings. The third kappa shape index (κ3) is 4.15. The molecule has 0 unspecified atom stereocenters. The summed E-state index contributed by atoms with van der Waals surface area (Å²) in [7, 11) is 8.95. The largest absolute Gasteiger partial charge is 0.493 e. The minimum absolute atomic E-state index is 0.0162. The smallest absolute Gasteiger partial charge is 0.267 e. The van der Waals surface area contributed by atoms with E-state index in [9.17, 15) is 4.79 Å². The summed E-state index contributed by atoms with van der Waals surface area (Å²) in [5.74, 6) is 1.47. The van der Waals surface area contributed by atoms with Crippen LogP contribution in [-0.4, -0.2) is 63.3 Å². The van der Waals surface area contributed by atoms with Crippen LogP contribution in [-0.2, 0) is 0 Å². The molecular weight excluding hydrogens is 370 g/mol. The van der Waals surface area contributed by atoms with Crippen LogP contribution in [0.25, 0.3) is 10.9 Å². The highest BCUT2D eigenvalue weighted by Gasteiger charge is 2.33. The van der Waals surface area contributed by atoms with Crippen LogP contribution >= 0.6 is 0 Å². The fraction of sp³-hybridized carbons (Fsp3) is 0.591. The Bertz CT molecular complexity index is 851. The summed E-state index contributed by atoms with van der Waals surface area (Å²) in [5.41, 5.74) is 1.23. The number of amides is 1. The number of benzene rings is 1. The first-order valence-corrected chi connectivity index (χ1v) is 10.2. The van der Waals surface area contributed by atoms with Gasteiger partial charge >= 0.3 is 0 Å². The highest BCUT2D eigenvalue weighted by molar-refractivity contribution is 6.01. The molecule has 1 amide bonds. The number of rotatable bonds is 7. The standard InChI is InChI=1S/C22H33N3O4/c1-25(2)22(10-8-6-7-9-11-22)14-23-21(26)16-12-15-13-17(27-3)19(28-4)20(29-5)18(15)24-16/h12-13,24H,6-11,14H2,1-5H3,(H,23,26). The lowest BCUT2D eigenvalue weighted by Gasteiger charge is -2.39. The number of methoxy groups -OCH3 is 3. The van der Waals surface area contributed by atoms with E-state index < -0.39 is 0 Å². The van der Waals surface area contributed by atoms with Gasteiger partial charge in [0.05, 0.1) is 26.8 Å². The van der Waals surface area contributed by atoms with Gasteiger partial charge in [0, 0.05) is 17.5 Å². The Labute approximate surface area is 172 Å². The summed E-state index contributed by atoms with van der Waals surface area (Å²) in [6.45, 7) is 0.637. The topological polar surface area (TPSA) is 75.8 Å². The minimum Gasteiger partial charge on any atom is -0.493 e. The van der Waals surface area contributed by atoms with E-state index in [0.29, 0.717) is 35.0 Å². The minimum atomic E-state index is -0.119. The zero-order valence-electron chi connectivity index (χ0n) is 18.2. The summed E-state index contributed by atoms with van der Waals surface area (Å²) < 4.78 is 16.4. The number of hydrogen-bond acceptors (Lipinski definition) is 5. The molecule has 1 aliphatic carbocycles. The molecule has 1 saturated carbocycles. The number of aromatic nitrogens is 1. The van der Waals surface area contributed by atoms with Gasteiger partial charge in [0.15, 0.2) is 11.5 Å². The Hall–Kier alpha value is -2.41. The predicted octanol–water partition coefficient (Wildman–Crippen LogP) is 3.58. The van der Waals surface area contributed by atoms with Crippen molar-refractivity contribution in [2.45, 2.75) is 44.1 Å². The Morgan fingerprint density at radius 1 is 1.03 bits per heavy atom.